The predicted octanol–water partition coefficient (Wildman–Crippen LogP) is 3.46. The van der Waals surface area contributed by atoms with Crippen LogP contribution in [0.5, 0.6) is 5.75 Å². The van der Waals surface area contributed by atoms with Gasteiger partial charge in [0.25, 0.3) is 5.91 Å². The van der Waals surface area contributed by atoms with Gasteiger partial charge < -0.3 is 10.1 Å². The highest BCUT2D eigenvalue weighted by Crippen LogP contribution is 2.28. The van der Waals surface area contributed by atoms with Crippen LogP contribution in [0.15, 0.2) is 78.9 Å². The first-order chi connectivity index (χ1) is 14.9. The summed E-state index contributed by atoms with van der Waals surface area (Å²) in [6, 6.07) is 23.9. The monoisotopic (exact) mass is 435 g/mol. The Bertz CT molecular complexity index is 1190. The van der Waals surface area contributed by atoms with Crippen LogP contribution in [0.1, 0.15) is 15.9 Å². The molecule has 3 aromatic rings. The van der Waals surface area contributed by atoms with E-state index in [2.05, 4.69) is 5.32 Å². The standard InChI is InChI=1S/C23H21N3O4S/c1-31(28,29)26(20-7-3-2-4-8-20)21-12-10-19(11-13-21)23(27)25-14-15-30-22-9-5-6-18(16-22)17-24/h2-13,16H,14-15H2,1H3,(H,25,27). The number of hydrogen-bond acceptors (Lipinski definition) is 5. The number of carbonyl (C=O) groups is 1. The molecule has 0 saturated heterocycles. The summed E-state index contributed by atoms with van der Waals surface area (Å²) in [6.07, 6.45) is 1.13. The first-order valence-corrected chi connectivity index (χ1v) is 11.3. The van der Waals surface area contributed by atoms with Crippen LogP contribution in [-0.2, 0) is 10.0 Å². The Morgan fingerprint density at radius 3 is 2.32 bits per heavy atom. The minimum absolute atomic E-state index is 0.245. The third-order valence-electron chi connectivity index (χ3n) is 4.31. The van der Waals surface area contributed by atoms with E-state index in [1.54, 1.807) is 78.9 Å². The molecule has 8 heteroatoms. The van der Waals surface area contributed by atoms with Crippen LogP contribution in [0, 0.1) is 11.3 Å². The largest absolute Gasteiger partial charge is 0.492 e. The fraction of sp³-hybridized carbons (Fsp3) is 0.130. The number of nitrogens with one attached hydrogen (secondary N) is 1. The molecule has 0 fully saturated rings. The van der Waals surface area contributed by atoms with Gasteiger partial charge in [0.05, 0.1) is 35.8 Å². The van der Waals surface area contributed by atoms with Gasteiger partial charge in [-0.05, 0) is 54.6 Å². The fourth-order valence-corrected chi connectivity index (χ4v) is 3.94. The number of carbonyl (C=O) groups excluding carboxylic acids is 1. The molecule has 1 amide bonds. The second kappa shape index (κ2) is 9.78. The zero-order valence-electron chi connectivity index (χ0n) is 16.9. The zero-order chi connectivity index (χ0) is 22.3. The van der Waals surface area contributed by atoms with Crippen molar-refractivity contribution in [3.8, 4) is 11.8 Å². The number of anilines is 2. The Hall–Kier alpha value is -3.83. The lowest BCUT2D eigenvalue weighted by atomic mass is 10.2. The molecule has 0 aromatic heterocycles. The normalized spacial score (nSPS) is 10.7. The Balaban J connectivity index is 1.61. The average Bonchev–Trinajstić information content (AvgIpc) is 2.77. The lowest BCUT2D eigenvalue weighted by Crippen LogP contribution is -2.28. The first-order valence-electron chi connectivity index (χ1n) is 9.45. The number of amides is 1. The lowest BCUT2D eigenvalue weighted by Gasteiger charge is -2.22. The Labute approximate surface area is 181 Å². The predicted molar refractivity (Wildman–Crippen MR) is 119 cm³/mol. The molecule has 0 aliphatic carbocycles. The van der Waals surface area contributed by atoms with Crippen molar-refractivity contribution in [2.75, 3.05) is 23.7 Å². The molecule has 0 radical (unpaired) electrons. The summed E-state index contributed by atoms with van der Waals surface area (Å²) >= 11 is 0. The van der Waals surface area contributed by atoms with Crippen LogP contribution in [-0.4, -0.2) is 33.7 Å². The van der Waals surface area contributed by atoms with Crippen molar-refractivity contribution in [3.05, 3.63) is 90.0 Å². The van der Waals surface area contributed by atoms with Crippen LogP contribution >= 0.6 is 0 Å². The highest BCUT2D eigenvalue weighted by molar-refractivity contribution is 7.92. The molecular formula is C23H21N3O4S. The molecule has 0 spiro atoms. The maximum Gasteiger partial charge on any atom is 0.251 e. The highest BCUT2D eigenvalue weighted by atomic mass is 32.2. The summed E-state index contributed by atoms with van der Waals surface area (Å²) < 4.78 is 31.3. The van der Waals surface area contributed by atoms with Crippen molar-refractivity contribution in [2.45, 2.75) is 0 Å². The molecule has 7 nitrogen and oxygen atoms in total. The molecule has 0 bridgehead atoms. The fourth-order valence-electron chi connectivity index (χ4n) is 2.93. The number of hydrogen-bond donors (Lipinski definition) is 1. The number of rotatable bonds is 8. The molecule has 0 heterocycles. The number of nitrogens with zero attached hydrogens (tertiary/aromatic N) is 2. The molecule has 158 valence electrons. The van der Waals surface area contributed by atoms with Gasteiger partial charge in [0.2, 0.25) is 10.0 Å². The van der Waals surface area contributed by atoms with E-state index < -0.39 is 10.0 Å². The molecule has 3 rings (SSSR count). The number of nitriles is 1. The van der Waals surface area contributed by atoms with Crippen LogP contribution in [0.3, 0.4) is 0 Å². The van der Waals surface area contributed by atoms with Gasteiger partial charge in [0.15, 0.2) is 0 Å². The number of sulfonamides is 1. The minimum atomic E-state index is -3.56. The van der Waals surface area contributed by atoms with E-state index in [4.69, 9.17) is 10.00 Å². The van der Waals surface area contributed by atoms with Gasteiger partial charge >= 0.3 is 0 Å². The van der Waals surface area contributed by atoms with E-state index in [0.29, 0.717) is 28.3 Å². The summed E-state index contributed by atoms with van der Waals surface area (Å²) in [5, 5.41) is 11.6. The van der Waals surface area contributed by atoms with E-state index in [-0.39, 0.29) is 19.1 Å². The molecular weight excluding hydrogens is 414 g/mol. The van der Waals surface area contributed by atoms with Crippen molar-refractivity contribution in [1.82, 2.24) is 5.32 Å². The van der Waals surface area contributed by atoms with Gasteiger partial charge in [0.1, 0.15) is 12.4 Å². The molecule has 31 heavy (non-hydrogen) atoms. The molecule has 0 saturated carbocycles. The van der Waals surface area contributed by atoms with Crippen molar-refractivity contribution in [1.29, 1.82) is 5.26 Å². The van der Waals surface area contributed by atoms with Crippen molar-refractivity contribution in [2.24, 2.45) is 0 Å². The van der Waals surface area contributed by atoms with Gasteiger partial charge in [-0.3, -0.25) is 4.79 Å². The van der Waals surface area contributed by atoms with Crippen molar-refractivity contribution < 1.29 is 17.9 Å². The summed E-state index contributed by atoms with van der Waals surface area (Å²) in [5.74, 6) is 0.256. The second-order valence-electron chi connectivity index (χ2n) is 6.65. The van der Waals surface area contributed by atoms with E-state index >= 15 is 0 Å². The number of benzene rings is 3. The van der Waals surface area contributed by atoms with Crippen LogP contribution < -0.4 is 14.4 Å². The Morgan fingerprint density at radius 2 is 1.68 bits per heavy atom. The van der Waals surface area contributed by atoms with E-state index in [1.165, 1.54) is 4.31 Å². The summed E-state index contributed by atoms with van der Waals surface area (Å²) in [7, 11) is -3.56. The third kappa shape index (κ3) is 5.84. The number of para-hydroxylation sites is 1. The quantitative estimate of drug-likeness (QED) is 0.546. The summed E-state index contributed by atoms with van der Waals surface area (Å²) in [5.41, 5.74) is 1.85. The van der Waals surface area contributed by atoms with E-state index in [1.807, 2.05) is 6.07 Å². The van der Waals surface area contributed by atoms with Gasteiger partial charge in [0, 0.05) is 5.56 Å². The molecule has 0 atom stereocenters. The maximum absolute atomic E-state index is 12.4. The molecule has 1 N–H and O–H groups in total. The molecule has 0 unspecified atom stereocenters. The van der Waals surface area contributed by atoms with E-state index in [9.17, 15) is 13.2 Å². The Kier molecular flexibility index (Phi) is 6.90. The zero-order valence-corrected chi connectivity index (χ0v) is 17.7. The molecule has 3 aromatic carbocycles. The molecule has 0 aliphatic heterocycles. The van der Waals surface area contributed by atoms with Crippen LogP contribution in [0.2, 0.25) is 0 Å². The summed E-state index contributed by atoms with van der Waals surface area (Å²) in [6.45, 7) is 0.519. The van der Waals surface area contributed by atoms with Gasteiger partial charge in [-0.1, -0.05) is 24.3 Å². The Morgan fingerprint density at radius 1 is 1.00 bits per heavy atom. The first kappa shape index (κ1) is 21.9. The van der Waals surface area contributed by atoms with Gasteiger partial charge in [-0.25, -0.2) is 12.7 Å². The number of ether oxygens (including phenoxy) is 1. The van der Waals surface area contributed by atoms with Gasteiger partial charge in [-0.2, -0.15) is 5.26 Å². The lowest BCUT2D eigenvalue weighted by molar-refractivity contribution is 0.0947. The van der Waals surface area contributed by atoms with Gasteiger partial charge in [-0.15, -0.1) is 0 Å². The van der Waals surface area contributed by atoms with Crippen LogP contribution in [0.25, 0.3) is 0 Å². The van der Waals surface area contributed by atoms with Crippen LogP contribution in [0.4, 0.5) is 11.4 Å². The topological polar surface area (TPSA) is 99.5 Å². The van der Waals surface area contributed by atoms with E-state index in [0.717, 1.165) is 6.26 Å². The SMILES string of the molecule is CS(=O)(=O)N(c1ccccc1)c1ccc(C(=O)NCCOc2cccc(C#N)c2)cc1. The summed E-state index contributed by atoms with van der Waals surface area (Å²) in [4.78, 5) is 12.4. The third-order valence-corrected chi connectivity index (χ3v) is 5.39. The average molecular weight is 436 g/mol. The highest BCUT2D eigenvalue weighted by Gasteiger charge is 2.19. The minimum Gasteiger partial charge on any atom is -0.492 e. The maximum atomic E-state index is 12.4. The van der Waals surface area contributed by atoms with Crippen molar-refractivity contribution in [3.63, 3.8) is 0 Å². The molecule has 0 aliphatic rings. The van der Waals surface area contributed by atoms with Crippen molar-refractivity contribution >= 4 is 27.3 Å². The second-order valence-corrected chi connectivity index (χ2v) is 8.49. The smallest absolute Gasteiger partial charge is 0.251 e.